The van der Waals surface area contributed by atoms with Crippen LogP contribution in [-0.2, 0) is 26.1 Å². The average molecular weight is 336 g/mol. The minimum atomic E-state index is -3.50. The summed E-state index contributed by atoms with van der Waals surface area (Å²) in [6.07, 6.45) is 0.258. The number of esters is 1. The molecular weight excluding hydrogens is 318 g/mol. The Balaban J connectivity index is 2.60. The molecule has 0 spiro atoms. The van der Waals surface area contributed by atoms with Crippen molar-refractivity contribution in [2.24, 2.45) is 0 Å². The number of hydrogen-bond donors (Lipinski definition) is 1. The zero-order chi connectivity index (χ0) is 15.9. The fraction of sp³-hybridized carbons (Fsp3) is 0.462. The van der Waals surface area contributed by atoms with Gasteiger partial charge in [0.1, 0.15) is 5.75 Å². The number of halogens is 1. The molecule has 0 bridgehead atoms. The Morgan fingerprint density at radius 3 is 2.67 bits per heavy atom. The first-order chi connectivity index (χ1) is 9.89. The fourth-order valence-electron chi connectivity index (χ4n) is 1.66. The molecule has 0 heterocycles. The van der Waals surface area contributed by atoms with E-state index < -0.39 is 16.0 Å². The van der Waals surface area contributed by atoms with E-state index in [4.69, 9.17) is 16.3 Å². The van der Waals surface area contributed by atoms with Crippen molar-refractivity contribution in [2.45, 2.75) is 19.4 Å². The first-order valence-electron chi connectivity index (χ1n) is 6.25. The maximum absolute atomic E-state index is 11.8. The topological polar surface area (TPSA) is 81.7 Å². The molecule has 1 rings (SSSR count). The number of benzene rings is 1. The third-order valence-corrected chi connectivity index (χ3v) is 4.55. The minimum Gasteiger partial charge on any atom is -0.496 e. The van der Waals surface area contributed by atoms with Crippen molar-refractivity contribution in [3.8, 4) is 5.75 Å². The number of carbonyl (C=O) groups is 1. The van der Waals surface area contributed by atoms with E-state index in [-0.39, 0.29) is 25.1 Å². The molecule has 0 aromatic heterocycles. The molecule has 0 unspecified atom stereocenters. The number of ether oxygens (including phenoxy) is 2. The second-order valence-electron chi connectivity index (χ2n) is 4.24. The molecule has 6 nitrogen and oxygen atoms in total. The van der Waals surface area contributed by atoms with Crippen molar-refractivity contribution in [2.75, 3.05) is 20.0 Å². The summed E-state index contributed by atoms with van der Waals surface area (Å²) in [5.41, 5.74) is 0.568. The normalized spacial score (nSPS) is 11.2. The average Bonchev–Trinajstić information content (AvgIpc) is 2.45. The van der Waals surface area contributed by atoms with Crippen molar-refractivity contribution >= 4 is 27.6 Å². The fourth-order valence-corrected chi connectivity index (χ4v) is 2.93. The van der Waals surface area contributed by atoms with Crippen LogP contribution in [-0.4, -0.2) is 34.4 Å². The summed E-state index contributed by atoms with van der Waals surface area (Å²) < 4.78 is 35.7. The van der Waals surface area contributed by atoms with Crippen LogP contribution in [0.15, 0.2) is 18.2 Å². The second kappa shape index (κ2) is 8.21. The van der Waals surface area contributed by atoms with Gasteiger partial charge in [0.05, 0.1) is 20.0 Å². The second-order valence-corrected chi connectivity index (χ2v) is 6.57. The third kappa shape index (κ3) is 5.91. The summed E-state index contributed by atoms with van der Waals surface area (Å²) in [6, 6.07) is 5.08. The number of methoxy groups -OCH3 is 2. The van der Waals surface area contributed by atoms with Crippen LogP contribution in [0.3, 0.4) is 0 Å². The molecule has 0 aliphatic heterocycles. The van der Waals surface area contributed by atoms with Crippen LogP contribution < -0.4 is 9.46 Å². The molecule has 0 radical (unpaired) electrons. The van der Waals surface area contributed by atoms with E-state index in [1.165, 1.54) is 14.2 Å². The zero-order valence-electron chi connectivity index (χ0n) is 11.9. The van der Waals surface area contributed by atoms with Crippen LogP contribution in [0.5, 0.6) is 5.75 Å². The molecule has 21 heavy (non-hydrogen) atoms. The predicted octanol–water partition coefficient (Wildman–Crippen LogP) is 1.72. The Hall–Kier alpha value is -1.31. The maximum Gasteiger partial charge on any atom is 0.305 e. The Morgan fingerprint density at radius 1 is 1.33 bits per heavy atom. The largest absolute Gasteiger partial charge is 0.496 e. The summed E-state index contributed by atoms with van der Waals surface area (Å²) in [7, 11) is -0.749. The number of sulfonamides is 1. The molecule has 1 N–H and O–H groups in total. The van der Waals surface area contributed by atoms with Gasteiger partial charge in [0.25, 0.3) is 0 Å². The van der Waals surface area contributed by atoms with Gasteiger partial charge in [0.2, 0.25) is 10.0 Å². The number of nitrogens with one attached hydrogen (secondary N) is 1. The maximum atomic E-state index is 11.8. The van der Waals surface area contributed by atoms with Crippen molar-refractivity contribution in [1.29, 1.82) is 0 Å². The highest BCUT2D eigenvalue weighted by molar-refractivity contribution is 7.89. The van der Waals surface area contributed by atoms with Gasteiger partial charge < -0.3 is 9.47 Å². The van der Waals surface area contributed by atoms with Crippen LogP contribution in [0.25, 0.3) is 0 Å². The van der Waals surface area contributed by atoms with Gasteiger partial charge in [0, 0.05) is 23.6 Å². The molecule has 1 aromatic rings. The highest BCUT2D eigenvalue weighted by atomic mass is 35.5. The summed E-state index contributed by atoms with van der Waals surface area (Å²) in [4.78, 5) is 10.9. The van der Waals surface area contributed by atoms with Crippen LogP contribution in [0.1, 0.15) is 18.4 Å². The zero-order valence-corrected chi connectivity index (χ0v) is 13.5. The summed E-state index contributed by atoms with van der Waals surface area (Å²) >= 11 is 6.03. The monoisotopic (exact) mass is 335 g/mol. The molecule has 0 amide bonds. The molecule has 0 saturated carbocycles. The Kier molecular flexibility index (Phi) is 6.94. The predicted molar refractivity (Wildman–Crippen MR) is 79.9 cm³/mol. The van der Waals surface area contributed by atoms with E-state index in [0.29, 0.717) is 16.3 Å². The van der Waals surface area contributed by atoms with Crippen LogP contribution in [0.4, 0.5) is 0 Å². The van der Waals surface area contributed by atoms with Crippen molar-refractivity contribution in [3.05, 3.63) is 28.8 Å². The Bertz CT molecular complexity index is 588. The summed E-state index contributed by atoms with van der Waals surface area (Å²) in [6.45, 7) is 0.0312. The van der Waals surface area contributed by atoms with Crippen molar-refractivity contribution in [1.82, 2.24) is 4.72 Å². The lowest BCUT2D eigenvalue weighted by Gasteiger charge is -2.11. The lowest BCUT2D eigenvalue weighted by Crippen LogP contribution is -2.26. The SMILES string of the molecule is COC(=O)CCCS(=O)(=O)NCc1c(Cl)cccc1OC. The van der Waals surface area contributed by atoms with E-state index in [9.17, 15) is 13.2 Å². The third-order valence-electron chi connectivity index (χ3n) is 2.79. The van der Waals surface area contributed by atoms with Gasteiger partial charge in [-0.05, 0) is 18.6 Å². The number of carbonyl (C=O) groups excluding carboxylic acids is 1. The van der Waals surface area contributed by atoms with Crippen LogP contribution >= 0.6 is 11.6 Å². The Morgan fingerprint density at radius 2 is 2.05 bits per heavy atom. The standard InChI is InChI=1S/C13H18ClNO5S/c1-19-12-6-3-5-11(14)10(12)9-15-21(17,18)8-4-7-13(16)20-2/h3,5-6,15H,4,7-9H2,1-2H3. The van der Waals surface area contributed by atoms with E-state index in [0.717, 1.165) is 0 Å². The van der Waals surface area contributed by atoms with Gasteiger partial charge in [-0.25, -0.2) is 13.1 Å². The van der Waals surface area contributed by atoms with E-state index in [1.807, 2.05) is 0 Å². The first kappa shape index (κ1) is 17.7. The van der Waals surface area contributed by atoms with E-state index in [2.05, 4.69) is 9.46 Å². The van der Waals surface area contributed by atoms with Crippen LogP contribution in [0.2, 0.25) is 5.02 Å². The van der Waals surface area contributed by atoms with E-state index >= 15 is 0 Å². The molecule has 118 valence electrons. The molecule has 1 aromatic carbocycles. The van der Waals surface area contributed by atoms with E-state index in [1.54, 1.807) is 18.2 Å². The summed E-state index contributed by atoms with van der Waals surface area (Å²) in [5, 5.41) is 0.423. The molecule has 0 fully saturated rings. The minimum absolute atomic E-state index is 0.0312. The molecule has 0 saturated heterocycles. The van der Waals surface area contributed by atoms with Gasteiger partial charge in [-0.15, -0.1) is 0 Å². The summed E-state index contributed by atoms with van der Waals surface area (Å²) in [5.74, 6) is -0.0766. The Labute approximate surface area is 129 Å². The molecular formula is C13H18ClNO5S. The highest BCUT2D eigenvalue weighted by Gasteiger charge is 2.14. The van der Waals surface area contributed by atoms with Gasteiger partial charge in [-0.2, -0.15) is 0 Å². The van der Waals surface area contributed by atoms with Gasteiger partial charge >= 0.3 is 5.97 Å². The smallest absolute Gasteiger partial charge is 0.305 e. The molecule has 0 aliphatic carbocycles. The van der Waals surface area contributed by atoms with Gasteiger partial charge in [-0.1, -0.05) is 17.7 Å². The first-order valence-corrected chi connectivity index (χ1v) is 8.28. The number of rotatable bonds is 8. The molecule has 0 aliphatic rings. The quantitative estimate of drug-likeness (QED) is 0.731. The van der Waals surface area contributed by atoms with Crippen molar-refractivity contribution < 1.29 is 22.7 Å². The van der Waals surface area contributed by atoms with Gasteiger partial charge in [0.15, 0.2) is 0 Å². The number of hydrogen-bond acceptors (Lipinski definition) is 5. The van der Waals surface area contributed by atoms with Crippen molar-refractivity contribution in [3.63, 3.8) is 0 Å². The van der Waals surface area contributed by atoms with Gasteiger partial charge in [-0.3, -0.25) is 4.79 Å². The molecule has 8 heteroatoms. The van der Waals surface area contributed by atoms with Crippen LogP contribution in [0, 0.1) is 0 Å². The highest BCUT2D eigenvalue weighted by Crippen LogP contribution is 2.26. The lowest BCUT2D eigenvalue weighted by atomic mass is 10.2. The lowest BCUT2D eigenvalue weighted by molar-refractivity contribution is -0.140. The molecule has 0 atom stereocenters.